The third kappa shape index (κ3) is 4.17. The second-order valence-corrected chi connectivity index (χ2v) is 14.3. The quantitative estimate of drug-likeness (QED) is 0.149. The number of aromatic nitrogens is 1. The highest BCUT2D eigenvalue weighted by atomic mass is 35.5. The summed E-state index contributed by atoms with van der Waals surface area (Å²) in [6.07, 6.45) is 0.712. The molecule has 1 N–H and O–H groups in total. The number of carbonyl (C=O) groups is 2. The number of rotatable bonds is 6. The molecule has 2 aliphatic carbocycles. The van der Waals surface area contributed by atoms with Crippen molar-refractivity contribution in [3.05, 3.63) is 114 Å². The summed E-state index contributed by atoms with van der Waals surface area (Å²) in [4.78, 5) is 56.9. The molecule has 4 aromatic rings. The zero-order chi connectivity index (χ0) is 30.3. The van der Waals surface area contributed by atoms with E-state index in [1.807, 2.05) is 30.3 Å². The van der Waals surface area contributed by atoms with Crippen LogP contribution in [0.5, 0.6) is 5.75 Å². The molecule has 3 fully saturated rings. The molecule has 0 spiro atoms. The van der Waals surface area contributed by atoms with E-state index in [9.17, 15) is 24.5 Å². The summed E-state index contributed by atoms with van der Waals surface area (Å²) in [6, 6.07) is 20.9. The fourth-order valence-corrected chi connectivity index (χ4v) is 11.0. The minimum Gasteiger partial charge on any atom is -0.489 e. The maximum Gasteiger partial charge on any atom is 0.305 e. The molecule has 222 valence electrons. The Kier molecular flexibility index (Phi) is 6.48. The smallest absolute Gasteiger partial charge is 0.305 e. The second-order valence-electron chi connectivity index (χ2n) is 11.7. The van der Waals surface area contributed by atoms with Crippen molar-refractivity contribution in [3.8, 4) is 5.75 Å². The van der Waals surface area contributed by atoms with Gasteiger partial charge in [0.1, 0.15) is 12.4 Å². The van der Waals surface area contributed by atoms with Crippen LogP contribution in [0.2, 0.25) is 5.02 Å². The Labute approximate surface area is 264 Å². The number of benzene rings is 3. The predicted octanol–water partition coefficient (Wildman–Crippen LogP) is 6.25. The Morgan fingerprint density at radius 3 is 2.43 bits per heavy atom. The van der Waals surface area contributed by atoms with Gasteiger partial charge in [-0.1, -0.05) is 53.3 Å². The second kappa shape index (κ2) is 10.3. The van der Waals surface area contributed by atoms with Crippen LogP contribution in [-0.4, -0.2) is 27.0 Å². The van der Waals surface area contributed by atoms with Crippen molar-refractivity contribution in [2.24, 2.45) is 29.6 Å². The number of nitrogens with zero attached hydrogens (tertiary/aromatic N) is 2. The minimum atomic E-state index is -0.480. The van der Waals surface area contributed by atoms with Crippen LogP contribution in [-0.2, 0) is 16.2 Å². The molecule has 7 atom stereocenters. The summed E-state index contributed by atoms with van der Waals surface area (Å²) in [5.41, 5.74) is 1.98. The number of nitro benzene ring substituents is 1. The maximum atomic E-state index is 14.0. The first kappa shape index (κ1) is 27.6. The lowest BCUT2D eigenvalue weighted by Crippen LogP contribution is -2.42. The molecule has 4 aliphatic rings. The van der Waals surface area contributed by atoms with Gasteiger partial charge < -0.3 is 9.72 Å². The molecule has 0 radical (unpaired) electrons. The van der Waals surface area contributed by atoms with E-state index in [2.05, 4.69) is 4.98 Å². The van der Waals surface area contributed by atoms with Crippen molar-refractivity contribution in [1.29, 1.82) is 0 Å². The standard InChI is InChI=1S/C32H24ClN3O6S2/c33-16-8-6-15(7-9-16)14-42-22-11-10-18(36(40)41)12-19(22)23-24-20-13-21(27(24)43-29-28(23)44-32(39)34-29)26-25(20)30(37)35(31(26)38)17-4-2-1-3-5-17/h1-12,20-21,23-27H,13-14H2,(H,34,39)/t20-,21-,23?,24?,25?,26?,27?/m1/s1. The van der Waals surface area contributed by atoms with Crippen molar-refractivity contribution in [3.63, 3.8) is 0 Å². The fourth-order valence-electron chi connectivity index (χ4n) is 7.96. The summed E-state index contributed by atoms with van der Waals surface area (Å²) in [5, 5.41) is 13.2. The normalized spacial score (nSPS) is 28.1. The van der Waals surface area contributed by atoms with Gasteiger partial charge >= 0.3 is 4.87 Å². The number of ether oxygens (including phenoxy) is 1. The monoisotopic (exact) mass is 645 g/mol. The van der Waals surface area contributed by atoms with Crippen LogP contribution in [0.4, 0.5) is 11.4 Å². The Morgan fingerprint density at radius 1 is 0.977 bits per heavy atom. The molecule has 44 heavy (non-hydrogen) atoms. The number of nitrogens with one attached hydrogen (secondary N) is 1. The number of anilines is 1. The number of hydrogen-bond acceptors (Lipinski definition) is 8. The summed E-state index contributed by atoms with van der Waals surface area (Å²) in [6.45, 7) is 0.212. The summed E-state index contributed by atoms with van der Waals surface area (Å²) >= 11 is 8.73. The molecule has 9 nitrogen and oxygen atoms in total. The van der Waals surface area contributed by atoms with Crippen molar-refractivity contribution >= 4 is 57.9 Å². The minimum absolute atomic E-state index is 0.0557. The lowest BCUT2D eigenvalue weighted by atomic mass is 9.68. The van der Waals surface area contributed by atoms with Gasteiger partial charge in [0.25, 0.3) is 5.69 Å². The van der Waals surface area contributed by atoms with Crippen molar-refractivity contribution in [1.82, 2.24) is 4.98 Å². The van der Waals surface area contributed by atoms with Crippen LogP contribution < -0.4 is 14.5 Å². The average molecular weight is 646 g/mol. The number of fused-ring (bicyclic) bond motifs is 9. The molecule has 2 aliphatic heterocycles. The Morgan fingerprint density at radius 2 is 1.70 bits per heavy atom. The van der Waals surface area contributed by atoms with Crippen LogP contribution >= 0.6 is 34.7 Å². The van der Waals surface area contributed by atoms with Crippen LogP contribution in [0.25, 0.3) is 0 Å². The van der Waals surface area contributed by atoms with E-state index in [0.717, 1.165) is 26.8 Å². The first-order valence-electron chi connectivity index (χ1n) is 14.3. The summed E-state index contributed by atoms with van der Waals surface area (Å²) in [7, 11) is 0. The molecule has 1 aromatic heterocycles. The van der Waals surface area contributed by atoms with Gasteiger partial charge in [-0.2, -0.15) is 0 Å². The third-order valence-corrected chi connectivity index (χ3v) is 12.4. The van der Waals surface area contributed by atoms with Gasteiger partial charge in [-0.05, 0) is 60.1 Å². The molecular formula is C32H24ClN3O6S2. The number of thiazole rings is 1. The van der Waals surface area contributed by atoms with Crippen molar-refractivity contribution < 1.29 is 19.2 Å². The molecule has 3 aromatic carbocycles. The lowest BCUT2D eigenvalue weighted by molar-refractivity contribution is -0.385. The number of para-hydroxylation sites is 1. The zero-order valence-electron chi connectivity index (χ0n) is 22.9. The van der Waals surface area contributed by atoms with Gasteiger partial charge in [0.2, 0.25) is 11.8 Å². The highest BCUT2D eigenvalue weighted by Crippen LogP contribution is 2.69. The fraction of sp³-hybridized carbons (Fsp3) is 0.281. The summed E-state index contributed by atoms with van der Waals surface area (Å²) < 4.78 is 6.32. The van der Waals surface area contributed by atoms with E-state index in [4.69, 9.17) is 16.3 Å². The van der Waals surface area contributed by atoms with Crippen LogP contribution in [0.3, 0.4) is 0 Å². The first-order valence-corrected chi connectivity index (χ1v) is 16.4. The van der Waals surface area contributed by atoms with E-state index in [1.165, 1.54) is 11.0 Å². The molecule has 8 rings (SSSR count). The lowest BCUT2D eigenvalue weighted by Gasteiger charge is -2.43. The number of hydrogen-bond donors (Lipinski definition) is 1. The van der Waals surface area contributed by atoms with Gasteiger partial charge in [0.05, 0.1) is 27.5 Å². The van der Waals surface area contributed by atoms with Gasteiger partial charge in [-0.15, -0.1) is 11.8 Å². The van der Waals surface area contributed by atoms with E-state index >= 15 is 0 Å². The van der Waals surface area contributed by atoms with Gasteiger partial charge in [-0.3, -0.25) is 29.4 Å². The summed E-state index contributed by atoms with van der Waals surface area (Å²) in [5.74, 6) is -1.54. The van der Waals surface area contributed by atoms with Crippen LogP contribution in [0, 0.1) is 39.7 Å². The molecule has 12 heteroatoms. The van der Waals surface area contributed by atoms with Gasteiger partial charge in [-0.25, -0.2) is 0 Å². The van der Waals surface area contributed by atoms with Crippen molar-refractivity contribution in [2.45, 2.75) is 29.2 Å². The molecule has 5 unspecified atom stereocenters. The van der Waals surface area contributed by atoms with Gasteiger partial charge in [0, 0.05) is 38.8 Å². The Balaban J connectivity index is 1.23. The first-order chi connectivity index (χ1) is 21.3. The molecule has 2 amide bonds. The maximum absolute atomic E-state index is 14.0. The highest BCUT2D eigenvalue weighted by molar-refractivity contribution is 8.00. The number of imide groups is 1. The van der Waals surface area contributed by atoms with E-state index in [1.54, 1.807) is 48.2 Å². The molecule has 2 bridgehead atoms. The van der Waals surface area contributed by atoms with Crippen LogP contribution in [0.15, 0.2) is 82.6 Å². The highest BCUT2D eigenvalue weighted by Gasteiger charge is 2.70. The van der Waals surface area contributed by atoms with E-state index in [0.29, 0.717) is 28.4 Å². The molecule has 1 saturated heterocycles. The topological polar surface area (TPSA) is 123 Å². The Hall–Kier alpha value is -3.93. The number of halogens is 1. The number of nitro groups is 1. The number of H-pyrrole nitrogens is 1. The number of amides is 2. The molecule has 2 saturated carbocycles. The number of carbonyl (C=O) groups excluding carboxylic acids is 2. The van der Waals surface area contributed by atoms with Crippen molar-refractivity contribution in [2.75, 3.05) is 4.90 Å². The molecular weight excluding hydrogens is 622 g/mol. The zero-order valence-corrected chi connectivity index (χ0v) is 25.3. The number of aromatic amines is 1. The van der Waals surface area contributed by atoms with E-state index in [-0.39, 0.29) is 52.0 Å². The molecule has 3 heterocycles. The van der Waals surface area contributed by atoms with Gasteiger partial charge in [0.15, 0.2) is 0 Å². The van der Waals surface area contributed by atoms with Crippen LogP contribution in [0.1, 0.15) is 28.3 Å². The SMILES string of the molecule is O=C1C2C(C(=O)N1c1ccccc1)[C@@H]1C[C@H]2C2Sc3[nH]c(=O)sc3C(c3cc([N+](=O)[O-])ccc3OCc3ccc(Cl)cc3)C21. The third-order valence-electron chi connectivity index (χ3n) is 9.59. The number of non-ortho nitro benzene ring substituents is 1. The Bertz CT molecular complexity index is 1890. The van der Waals surface area contributed by atoms with E-state index < -0.39 is 22.7 Å². The largest absolute Gasteiger partial charge is 0.489 e. The average Bonchev–Trinajstić information content (AvgIpc) is 3.76. The number of thioether (sulfide) groups is 1. The predicted molar refractivity (Wildman–Crippen MR) is 166 cm³/mol.